The van der Waals surface area contributed by atoms with Crippen molar-refractivity contribution in [2.24, 2.45) is 5.73 Å². The van der Waals surface area contributed by atoms with Gasteiger partial charge in [-0.1, -0.05) is 52.3 Å². The normalized spacial score (nSPS) is 17.4. The molecule has 1 fully saturated rings. The molecule has 0 saturated carbocycles. The number of rotatable bonds is 5. The van der Waals surface area contributed by atoms with E-state index in [4.69, 9.17) is 5.73 Å². The second kappa shape index (κ2) is 7.36. The monoisotopic (exact) mass is 387 g/mol. The summed E-state index contributed by atoms with van der Waals surface area (Å²) in [6, 6.07) is 18.3. The molecule has 0 spiro atoms. The number of amides is 1. The third-order valence-corrected chi connectivity index (χ3v) is 5.13. The first-order valence-electron chi connectivity index (χ1n) is 8.17. The molecule has 0 radical (unpaired) electrons. The average Bonchev–Trinajstić information content (AvgIpc) is 2.57. The van der Waals surface area contributed by atoms with E-state index in [0.29, 0.717) is 12.8 Å². The highest BCUT2D eigenvalue weighted by Gasteiger charge is 2.39. The molecule has 3 rings (SSSR count). The number of halogens is 1. The SMILES string of the molecule is NC(=O)C1(Nc2cccc(Br)c2)CCN(Cc2ccccc2)CC1. The van der Waals surface area contributed by atoms with Crippen LogP contribution in [0, 0.1) is 0 Å². The van der Waals surface area contributed by atoms with Gasteiger partial charge in [0.05, 0.1) is 0 Å². The van der Waals surface area contributed by atoms with Gasteiger partial charge in [0.1, 0.15) is 5.54 Å². The molecular formula is C19H22BrN3O. The van der Waals surface area contributed by atoms with E-state index in [0.717, 1.165) is 29.8 Å². The zero-order valence-electron chi connectivity index (χ0n) is 13.5. The molecule has 2 aromatic carbocycles. The van der Waals surface area contributed by atoms with Gasteiger partial charge in [-0.25, -0.2) is 0 Å². The van der Waals surface area contributed by atoms with Crippen molar-refractivity contribution in [1.29, 1.82) is 0 Å². The van der Waals surface area contributed by atoms with Crippen molar-refractivity contribution in [2.45, 2.75) is 24.9 Å². The molecule has 0 aromatic heterocycles. The first-order chi connectivity index (χ1) is 11.6. The summed E-state index contributed by atoms with van der Waals surface area (Å²) in [7, 11) is 0. The Morgan fingerprint density at radius 1 is 1.12 bits per heavy atom. The van der Waals surface area contributed by atoms with E-state index in [9.17, 15) is 4.79 Å². The summed E-state index contributed by atoms with van der Waals surface area (Å²) >= 11 is 3.46. The van der Waals surface area contributed by atoms with Crippen LogP contribution < -0.4 is 11.1 Å². The number of primary amides is 1. The minimum absolute atomic E-state index is 0.276. The molecule has 1 aliphatic rings. The molecule has 0 aliphatic carbocycles. The number of piperidine rings is 1. The van der Waals surface area contributed by atoms with Gasteiger partial charge in [-0.2, -0.15) is 0 Å². The maximum absolute atomic E-state index is 12.2. The number of hydrogen-bond acceptors (Lipinski definition) is 3. The zero-order valence-corrected chi connectivity index (χ0v) is 15.1. The lowest BCUT2D eigenvalue weighted by Gasteiger charge is -2.40. The van der Waals surface area contributed by atoms with Gasteiger partial charge < -0.3 is 11.1 Å². The average molecular weight is 388 g/mol. The Morgan fingerprint density at radius 3 is 2.46 bits per heavy atom. The van der Waals surface area contributed by atoms with Crippen molar-refractivity contribution < 1.29 is 4.79 Å². The quantitative estimate of drug-likeness (QED) is 0.826. The van der Waals surface area contributed by atoms with Gasteiger partial charge in [0.15, 0.2) is 0 Å². The summed E-state index contributed by atoms with van der Waals surface area (Å²) in [5, 5.41) is 3.39. The van der Waals surface area contributed by atoms with Crippen molar-refractivity contribution in [2.75, 3.05) is 18.4 Å². The van der Waals surface area contributed by atoms with Crippen molar-refractivity contribution >= 4 is 27.5 Å². The number of nitrogens with zero attached hydrogens (tertiary/aromatic N) is 1. The molecule has 24 heavy (non-hydrogen) atoms. The topological polar surface area (TPSA) is 58.4 Å². The number of nitrogens with two attached hydrogens (primary N) is 1. The summed E-state index contributed by atoms with van der Waals surface area (Å²) in [6.45, 7) is 2.60. The van der Waals surface area contributed by atoms with Crippen LogP contribution in [0.2, 0.25) is 0 Å². The third-order valence-electron chi connectivity index (χ3n) is 4.64. The van der Waals surface area contributed by atoms with Gasteiger partial charge >= 0.3 is 0 Å². The first-order valence-corrected chi connectivity index (χ1v) is 8.97. The Labute approximate surface area is 151 Å². The highest BCUT2D eigenvalue weighted by molar-refractivity contribution is 9.10. The maximum atomic E-state index is 12.2. The van der Waals surface area contributed by atoms with E-state index in [1.807, 2.05) is 30.3 Å². The zero-order chi connectivity index (χ0) is 17.0. The van der Waals surface area contributed by atoms with Gasteiger partial charge in [-0.15, -0.1) is 0 Å². The fourth-order valence-electron chi connectivity index (χ4n) is 3.21. The summed E-state index contributed by atoms with van der Waals surface area (Å²) in [5.41, 5.74) is 7.29. The Hall–Kier alpha value is -1.85. The molecule has 3 N–H and O–H groups in total. The number of hydrogen-bond donors (Lipinski definition) is 2. The van der Waals surface area contributed by atoms with Crippen LogP contribution in [0.15, 0.2) is 59.1 Å². The molecule has 4 nitrogen and oxygen atoms in total. The van der Waals surface area contributed by atoms with Crippen LogP contribution in [0.25, 0.3) is 0 Å². The fraction of sp³-hybridized carbons (Fsp3) is 0.316. The molecule has 1 heterocycles. The Morgan fingerprint density at radius 2 is 1.83 bits per heavy atom. The predicted octanol–water partition coefficient (Wildman–Crippen LogP) is 3.38. The summed E-state index contributed by atoms with van der Waals surface area (Å²) in [4.78, 5) is 14.5. The largest absolute Gasteiger partial charge is 0.371 e. The van der Waals surface area contributed by atoms with E-state index in [2.05, 4.69) is 50.4 Å². The van der Waals surface area contributed by atoms with Crippen LogP contribution in [0.1, 0.15) is 18.4 Å². The molecule has 2 aromatic rings. The second-order valence-electron chi connectivity index (χ2n) is 6.34. The van der Waals surface area contributed by atoms with Gasteiger partial charge in [-0.3, -0.25) is 9.69 Å². The van der Waals surface area contributed by atoms with Crippen molar-refractivity contribution in [3.05, 3.63) is 64.6 Å². The van der Waals surface area contributed by atoms with E-state index < -0.39 is 5.54 Å². The van der Waals surface area contributed by atoms with Gasteiger partial charge in [0, 0.05) is 29.8 Å². The summed E-state index contributed by atoms with van der Waals surface area (Å²) in [5.74, 6) is -0.276. The fourth-order valence-corrected chi connectivity index (χ4v) is 3.61. The number of likely N-dealkylation sites (tertiary alicyclic amines) is 1. The minimum atomic E-state index is -0.673. The first kappa shape index (κ1) is 17.0. The molecule has 5 heteroatoms. The number of carbonyl (C=O) groups is 1. The third kappa shape index (κ3) is 3.97. The molecule has 126 valence electrons. The highest BCUT2D eigenvalue weighted by atomic mass is 79.9. The number of carbonyl (C=O) groups excluding carboxylic acids is 1. The molecule has 1 amide bonds. The van der Waals surface area contributed by atoms with Gasteiger partial charge in [0.25, 0.3) is 0 Å². The maximum Gasteiger partial charge on any atom is 0.243 e. The van der Waals surface area contributed by atoms with Crippen LogP contribution in [0.4, 0.5) is 5.69 Å². The Bertz CT molecular complexity index is 697. The van der Waals surface area contributed by atoms with Crippen molar-refractivity contribution in [3.63, 3.8) is 0 Å². The van der Waals surface area contributed by atoms with Crippen LogP contribution in [-0.2, 0) is 11.3 Å². The molecular weight excluding hydrogens is 366 g/mol. The van der Waals surface area contributed by atoms with Crippen LogP contribution in [-0.4, -0.2) is 29.4 Å². The van der Waals surface area contributed by atoms with Crippen molar-refractivity contribution in [3.8, 4) is 0 Å². The number of benzene rings is 2. The van der Waals surface area contributed by atoms with Gasteiger partial charge in [-0.05, 0) is 36.6 Å². The van der Waals surface area contributed by atoms with E-state index >= 15 is 0 Å². The van der Waals surface area contributed by atoms with E-state index in [-0.39, 0.29) is 5.91 Å². The molecule has 1 aliphatic heterocycles. The standard InChI is InChI=1S/C19H22BrN3O/c20-16-7-4-8-17(13-16)22-19(18(21)24)9-11-23(12-10-19)14-15-5-2-1-3-6-15/h1-8,13,22H,9-12,14H2,(H2,21,24). The summed E-state index contributed by atoms with van der Waals surface area (Å²) in [6.07, 6.45) is 1.42. The van der Waals surface area contributed by atoms with Crippen LogP contribution in [0.5, 0.6) is 0 Å². The lowest BCUT2D eigenvalue weighted by molar-refractivity contribution is -0.123. The van der Waals surface area contributed by atoms with Crippen molar-refractivity contribution in [1.82, 2.24) is 4.90 Å². The molecule has 0 bridgehead atoms. The number of nitrogens with one attached hydrogen (secondary N) is 1. The smallest absolute Gasteiger partial charge is 0.243 e. The highest BCUT2D eigenvalue weighted by Crippen LogP contribution is 2.29. The summed E-state index contributed by atoms with van der Waals surface area (Å²) < 4.78 is 0.980. The lowest BCUT2D eigenvalue weighted by atomic mass is 9.86. The lowest BCUT2D eigenvalue weighted by Crippen LogP contribution is -2.56. The minimum Gasteiger partial charge on any atom is -0.371 e. The Kier molecular flexibility index (Phi) is 5.21. The second-order valence-corrected chi connectivity index (χ2v) is 7.26. The molecule has 0 unspecified atom stereocenters. The van der Waals surface area contributed by atoms with E-state index in [1.54, 1.807) is 0 Å². The molecule has 0 atom stereocenters. The Balaban J connectivity index is 1.67. The molecule has 1 saturated heterocycles. The number of anilines is 1. The van der Waals surface area contributed by atoms with Crippen LogP contribution >= 0.6 is 15.9 Å². The van der Waals surface area contributed by atoms with Gasteiger partial charge in [0.2, 0.25) is 5.91 Å². The van der Waals surface area contributed by atoms with Crippen LogP contribution in [0.3, 0.4) is 0 Å². The van der Waals surface area contributed by atoms with E-state index in [1.165, 1.54) is 5.56 Å². The predicted molar refractivity (Wildman–Crippen MR) is 101 cm³/mol.